The molecule has 0 aliphatic rings. The van der Waals surface area contributed by atoms with Gasteiger partial charge in [0.05, 0.1) is 5.75 Å². The van der Waals surface area contributed by atoms with E-state index in [-0.39, 0.29) is 16.1 Å². The number of hydrogen-bond donors (Lipinski definition) is 1. The predicted molar refractivity (Wildman–Crippen MR) is 86.0 cm³/mol. The third-order valence-corrected chi connectivity index (χ3v) is 5.45. The second-order valence-corrected chi connectivity index (χ2v) is 8.82. The molecule has 1 aromatic heterocycles. The molecule has 2 rings (SSSR count). The van der Waals surface area contributed by atoms with Gasteiger partial charge in [0.1, 0.15) is 10.8 Å². The van der Waals surface area contributed by atoms with Crippen LogP contribution in [-0.2, 0) is 21.2 Å². The highest BCUT2D eigenvalue weighted by Crippen LogP contribution is 2.28. The van der Waals surface area contributed by atoms with Crippen molar-refractivity contribution in [2.45, 2.75) is 38.9 Å². The average molecular weight is 343 g/mol. The van der Waals surface area contributed by atoms with E-state index in [1.807, 2.05) is 20.8 Å². The molecule has 0 fully saturated rings. The van der Waals surface area contributed by atoms with Crippen LogP contribution in [0.1, 0.15) is 36.9 Å². The molecule has 0 aliphatic carbocycles. The summed E-state index contributed by atoms with van der Waals surface area (Å²) in [6.45, 7) is 7.64. The Morgan fingerprint density at radius 1 is 1.27 bits per heavy atom. The molecule has 0 amide bonds. The van der Waals surface area contributed by atoms with E-state index in [0.717, 1.165) is 10.6 Å². The van der Waals surface area contributed by atoms with Crippen LogP contribution in [0.2, 0.25) is 0 Å². The second-order valence-electron chi connectivity index (χ2n) is 6.12. The van der Waals surface area contributed by atoms with Gasteiger partial charge in [0.15, 0.2) is 0 Å². The molecule has 120 valence electrons. The Bertz CT molecular complexity index is 780. The average Bonchev–Trinajstić information content (AvgIpc) is 2.80. The summed E-state index contributed by atoms with van der Waals surface area (Å²) in [5, 5.41) is 8.73. The Morgan fingerprint density at radius 2 is 1.95 bits per heavy atom. The van der Waals surface area contributed by atoms with E-state index in [9.17, 15) is 12.8 Å². The molecule has 0 aliphatic heterocycles. The number of halogens is 1. The molecule has 1 N–H and O–H groups in total. The van der Waals surface area contributed by atoms with Crippen LogP contribution < -0.4 is 4.72 Å². The normalized spacial score (nSPS) is 12.4. The molecule has 1 aromatic carbocycles. The van der Waals surface area contributed by atoms with Crippen LogP contribution in [0, 0.1) is 12.7 Å². The molecule has 0 atom stereocenters. The minimum Gasteiger partial charge on any atom is -0.257 e. The number of nitrogens with one attached hydrogen (secondary N) is 1. The van der Waals surface area contributed by atoms with Crippen LogP contribution >= 0.6 is 11.3 Å². The zero-order valence-corrected chi connectivity index (χ0v) is 14.5. The lowest BCUT2D eigenvalue weighted by atomic mass is 9.98. The highest BCUT2D eigenvalue weighted by molar-refractivity contribution is 7.92. The van der Waals surface area contributed by atoms with Crippen molar-refractivity contribution in [3.05, 3.63) is 40.2 Å². The summed E-state index contributed by atoms with van der Waals surface area (Å²) in [5.74, 6) is -0.971. The van der Waals surface area contributed by atoms with Crippen molar-refractivity contribution in [2.75, 3.05) is 4.72 Å². The lowest BCUT2D eigenvalue weighted by Gasteiger charge is -2.12. The van der Waals surface area contributed by atoms with Gasteiger partial charge in [-0.05, 0) is 18.6 Å². The number of aromatic nitrogens is 2. The van der Waals surface area contributed by atoms with Gasteiger partial charge in [-0.15, -0.1) is 10.2 Å². The minimum atomic E-state index is -3.74. The first-order chi connectivity index (χ1) is 10.1. The molecule has 0 radical (unpaired) electrons. The van der Waals surface area contributed by atoms with E-state index in [1.54, 1.807) is 13.0 Å². The van der Waals surface area contributed by atoms with Gasteiger partial charge in [0.25, 0.3) is 0 Å². The lowest BCUT2D eigenvalue weighted by Crippen LogP contribution is -2.15. The van der Waals surface area contributed by atoms with Crippen molar-refractivity contribution in [3.63, 3.8) is 0 Å². The first-order valence-electron chi connectivity index (χ1n) is 6.66. The summed E-state index contributed by atoms with van der Waals surface area (Å²) in [6.07, 6.45) is 0. The summed E-state index contributed by atoms with van der Waals surface area (Å²) in [6, 6.07) is 4.47. The number of hydrogen-bond acceptors (Lipinski definition) is 5. The Balaban J connectivity index is 2.16. The van der Waals surface area contributed by atoms with E-state index in [4.69, 9.17) is 0 Å². The molecular weight excluding hydrogens is 325 g/mol. The van der Waals surface area contributed by atoms with Crippen molar-refractivity contribution in [1.82, 2.24) is 10.2 Å². The fourth-order valence-electron chi connectivity index (χ4n) is 1.71. The van der Waals surface area contributed by atoms with Crippen LogP contribution in [0.5, 0.6) is 0 Å². The first-order valence-corrected chi connectivity index (χ1v) is 9.13. The summed E-state index contributed by atoms with van der Waals surface area (Å²) < 4.78 is 40.4. The molecule has 0 spiro atoms. The molecule has 1 heterocycles. The Morgan fingerprint density at radius 3 is 2.50 bits per heavy atom. The smallest absolute Gasteiger partial charge is 0.238 e. The fraction of sp³-hybridized carbons (Fsp3) is 0.429. The molecule has 22 heavy (non-hydrogen) atoms. The van der Waals surface area contributed by atoms with Crippen molar-refractivity contribution < 1.29 is 12.8 Å². The topological polar surface area (TPSA) is 72.0 Å². The molecule has 0 saturated heterocycles. The molecule has 5 nitrogen and oxygen atoms in total. The lowest BCUT2D eigenvalue weighted by molar-refractivity contribution is 0.578. The van der Waals surface area contributed by atoms with Crippen LogP contribution in [0.3, 0.4) is 0 Å². The predicted octanol–water partition coefficient (Wildman–Crippen LogP) is 3.23. The van der Waals surface area contributed by atoms with Crippen LogP contribution in [0.25, 0.3) is 0 Å². The quantitative estimate of drug-likeness (QED) is 0.925. The highest BCUT2D eigenvalue weighted by atomic mass is 32.2. The number of rotatable bonds is 4. The zero-order chi connectivity index (χ0) is 16.5. The van der Waals surface area contributed by atoms with Crippen molar-refractivity contribution >= 4 is 26.5 Å². The summed E-state index contributed by atoms with van der Waals surface area (Å²) >= 11 is 1.18. The van der Waals surface area contributed by atoms with Crippen LogP contribution in [0.4, 0.5) is 9.52 Å². The standard InChI is InChI=1S/C14H18FN3O2S2/c1-9-5-6-10(11(15)7-9)8-22(19,20)18-13-17-16-12(21-13)14(2,3)4/h5-7H,8H2,1-4H3,(H,17,18). The van der Waals surface area contributed by atoms with E-state index < -0.39 is 21.6 Å². The van der Waals surface area contributed by atoms with Gasteiger partial charge in [-0.2, -0.15) is 0 Å². The van der Waals surface area contributed by atoms with E-state index in [2.05, 4.69) is 14.9 Å². The van der Waals surface area contributed by atoms with Gasteiger partial charge >= 0.3 is 0 Å². The number of anilines is 1. The maximum absolute atomic E-state index is 13.8. The summed E-state index contributed by atoms with van der Waals surface area (Å²) in [5.41, 5.74) is 0.661. The molecule has 8 heteroatoms. The van der Waals surface area contributed by atoms with Crippen LogP contribution in [0.15, 0.2) is 18.2 Å². The van der Waals surface area contributed by atoms with Crippen molar-refractivity contribution in [2.24, 2.45) is 0 Å². The fourth-order valence-corrected chi connectivity index (χ4v) is 3.93. The van der Waals surface area contributed by atoms with Crippen LogP contribution in [-0.4, -0.2) is 18.6 Å². The number of sulfonamides is 1. The SMILES string of the molecule is Cc1ccc(CS(=O)(=O)Nc2nnc(C(C)(C)C)s2)c(F)c1. The third-order valence-electron chi connectivity index (χ3n) is 2.86. The maximum atomic E-state index is 13.8. The Labute approximate surface area is 133 Å². The summed E-state index contributed by atoms with van der Waals surface area (Å²) in [7, 11) is -3.74. The van der Waals surface area contributed by atoms with Gasteiger partial charge in [0, 0.05) is 11.0 Å². The Hall–Kier alpha value is -1.54. The summed E-state index contributed by atoms with van der Waals surface area (Å²) in [4.78, 5) is 0. The molecule has 0 bridgehead atoms. The van der Waals surface area contributed by atoms with Gasteiger partial charge in [-0.1, -0.05) is 44.2 Å². The van der Waals surface area contributed by atoms with Gasteiger partial charge in [-0.3, -0.25) is 4.72 Å². The maximum Gasteiger partial charge on any atom is 0.238 e. The van der Waals surface area contributed by atoms with E-state index in [1.165, 1.54) is 23.5 Å². The number of nitrogens with zero attached hydrogens (tertiary/aromatic N) is 2. The highest BCUT2D eigenvalue weighted by Gasteiger charge is 2.22. The van der Waals surface area contributed by atoms with Gasteiger partial charge in [-0.25, -0.2) is 12.8 Å². The van der Waals surface area contributed by atoms with Gasteiger partial charge in [0.2, 0.25) is 15.2 Å². The largest absolute Gasteiger partial charge is 0.257 e. The molecular formula is C14H18FN3O2S2. The Kier molecular flexibility index (Phi) is 4.53. The zero-order valence-electron chi connectivity index (χ0n) is 12.8. The monoisotopic (exact) mass is 343 g/mol. The third kappa shape index (κ3) is 4.23. The van der Waals surface area contributed by atoms with E-state index in [0.29, 0.717) is 0 Å². The minimum absolute atomic E-state index is 0.124. The number of benzene rings is 1. The van der Waals surface area contributed by atoms with Crippen molar-refractivity contribution in [1.29, 1.82) is 0 Å². The number of aryl methyl sites for hydroxylation is 1. The first kappa shape index (κ1) is 16.8. The molecule has 2 aromatic rings. The second kappa shape index (κ2) is 5.92. The molecule has 0 unspecified atom stereocenters. The molecule has 0 saturated carbocycles. The van der Waals surface area contributed by atoms with Crippen molar-refractivity contribution in [3.8, 4) is 0 Å². The van der Waals surface area contributed by atoms with Gasteiger partial charge < -0.3 is 0 Å². The van der Waals surface area contributed by atoms with E-state index >= 15 is 0 Å².